The number of amides is 1. The number of carbonyl (C=O) groups is 1. The molecule has 0 radical (unpaired) electrons. The van der Waals surface area contributed by atoms with Gasteiger partial charge in [-0.25, -0.2) is 0 Å². The van der Waals surface area contributed by atoms with Crippen LogP contribution < -0.4 is 10.6 Å². The Hall–Kier alpha value is -1.51. The standard InChI is InChI=1S/C14H20N2O/c1-2-9-15-13-7-5-12(6-8-13)14(17)16-10-11-3-4-11/h5-8,11,15H,2-4,9-10H2,1H3,(H,16,17). The van der Waals surface area contributed by atoms with E-state index in [-0.39, 0.29) is 5.91 Å². The molecule has 3 heteroatoms. The average Bonchev–Trinajstić information content (AvgIpc) is 3.18. The second kappa shape index (κ2) is 5.71. The van der Waals surface area contributed by atoms with E-state index < -0.39 is 0 Å². The van der Waals surface area contributed by atoms with Crippen LogP contribution in [0.1, 0.15) is 36.5 Å². The lowest BCUT2D eigenvalue weighted by molar-refractivity contribution is 0.0952. The second-order valence-electron chi connectivity index (χ2n) is 4.66. The normalized spacial score (nSPS) is 14.4. The fourth-order valence-electron chi connectivity index (χ4n) is 1.67. The van der Waals surface area contributed by atoms with Crippen LogP contribution >= 0.6 is 0 Å². The zero-order chi connectivity index (χ0) is 12.1. The second-order valence-corrected chi connectivity index (χ2v) is 4.66. The molecule has 0 unspecified atom stereocenters. The Labute approximate surface area is 103 Å². The van der Waals surface area contributed by atoms with Crippen LogP contribution in [-0.2, 0) is 0 Å². The molecule has 1 fully saturated rings. The van der Waals surface area contributed by atoms with E-state index in [0.29, 0.717) is 0 Å². The van der Waals surface area contributed by atoms with Gasteiger partial charge in [-0.3, -0.25) is 4.79 Å². The maximum absolute atomic E-state index is 11.8. The van der Waals surface area contributed by atoms with Gasteiger partial charge in [0.05, 0.1) is 0 Å². The van der Waals surface area contributed by atoms with Crippen LogP contribution in [0.25, 0.3) is 0 Å². The Kier molecular flexibility index (Phi) is 4.02. The Morgan fingerprint density at radius 3 is 2.59 bits per heavy atom. The molecule has 1 amide bonds. The lowest BCUT2D eigenvalue weighted by Gasteiger charge is -2.07. The molecular weight excluding hydrogens is 212 g/mol. The molecule has 0 spiro atoms. The Morgan fingerprint density at radius 2 is 2.00 bits per heavy atom. The molecule has 0 atom stereocenters. The number of hydrogen-bond donors (Lipinski definition) is 2. The number of anilines is 1. The Bertz CT molecular complexity index is 368. The van der Waals surface area contributed by atoms with Gasteiger partial charge in [-0.05, 0) is 49.4 Å². The predicted molar refractivity (Wildman–Crippen MR) is 70.3 cm³/mol. The van der Waals surface area contributed by atoms with Gasteiger partial charge in [-0.15, -0.1) is 0 Å². The largest absolute Gasteiger partial charge is 0.385 e. The van der Waals surface area contributed by atoms with E-state index in [2.05, 4.69) is 17.6 Å². The third-order valence-electron chi connectivity index (χ3n) is 2.97. The van der Waals surface area contributed by atoms with E-state index in [1.165, 1.54) is 12.8 Å². The highest BCUT2D eigenvalue weighted by molar-refractivity contribution is 5.94. The molecule has 0 saturated heterocycles. The van der Waals surface area contributed by atoms with Crippen molar-refractivity contribution < 1.29 is 4.79 Å². The molecular formula is C14H20N2O. The van der Waals surface area contributed by atoms with Crippen LogP contribution in [0.15, 0.2) is 24.3 Å². The minimum atomic E-state index is 0.0407. The molecule has 0 bridgehead atoms. The van der Waals surface area contributed by atoms with Gasteiger partial charge in [0.25, 0.3) is 5.91 Å². The molecule has 1 saturated carbocycles. The van der Waals surface area contributed by atoms with Gasteiger partial charge in [-0.2, -0.15) is 0 Å². The fourth-order valence-corrected chi connectivity index (χ4v) is 1.67. The van der Waals surface area contributed by atoms with Gasteiger partial charge < -0.3 is 10.6 Å². The third kappa shape index (κ3) is 3.77. The number of rotatable bonds is 6. The van der Waals surface area contributed by atoms with Gasteiger partial charge in [0.2, 0.25) is 0 Å². The summed E-state index contributed by atoms with van der Waals surface area (Å²) in [6.07, 6.45) is 3.63. The van der Waals surface area contributed by atoms with E-state index in [9.17, 15) is 4.79 Å². The first-order valence-electron chi connectivity index (χ1n) is 6.41. The zero-order valence-corrected chi connectivity index (χ0v) is 10.3. The number of nitrogens with one attached hydrogen (secondary N) is 2. The van der Waals surface area contributed by atoms with Gasteiger partial charge in [-0.1, -0.05) is 6.92 Å². The summed E-state index contributed by atoms with van der Waals surface area (Å²) < 4.78 is 0. The van der Waals surface area contributed by atoms with E-state index in [1.807, 2.05) is 24.3 Å². The minimum absolute atomic E-state index is 0.0407. The summed E-state index contributed by atoms with van der Waals surface area (Å²) in [6.45, 7) is 3.93. The zero-order valence-electron chi connectivity index (χ0n) is 10.3. The summed E-state index contributed by atoms with van der Waals surface area (Å²) in [5.74, 6) is 0.767. The molecule has 1 aliphatic rings. The molecule has 0 aliphatic heterocycles. The van der Waals surface area contributed by atoms with Gasteiger partial charge in [0.1, 0.15) is 0 Å². The molecule has 0 heterocycles. The highest BCUT2D eigenvalue weighted by Crippen LogP contribution is 2.27. The van der Waals surface area contributed by atoms with Crippen LogP contribution in [0.3, 0.4) is 0 Å². The quantitative estimate of drug-likeness (QED) is 0.791. The number of hydrogen-bond acceptors (Lipinski definition) is 2. The van der Waals surface area contributed by atoms with Crippen molar-refractivity contribution in [3.63, 3.8) is 0 Å². The van der Waals surface area contributed by atoms with Crippen molar-refractivity contribution in [2.24, 2.45) is 5.92 Å². The van der Waals surface area contributed by atoms with Crippen LogP contribution in [0, 0.1) is 5.92 Å². The summed E-state index contributed by atoms with van der Waals surface area (Å²) in [6, 6.07) is 7.67. The van der Waals surface area contributed by atoms with Crippen molar-refractivity contribution >= 4 is 11.6 Å². The molecule has 17 heavy (non-hydrogen) atoms. The highest BCUT2D eigenvalue weighted by Gasteiger charge is 2.21. The van der Waals surface area contributed by atoms with Gasteiger partial charge >= 0.3 is 0 Å². The van der Waals surface area contributed by atoms with Crippen molar-refractivity contribution in [1.29, 1.82) is 0 Å². The first-order valence-corrected chi connectivity index (χ1v) is 6.41. The summed E-state index contributed by atoms with van der Waals surface area (Å²) in [5.41, 5.74) is 1.82. The predicted octanol–water partition coefficient (Wildman–Crippen LogP) is 2.65. The topological polar surface area (TPSA) is 41.1 Å². The monoisotopic (exact) mass is 232 g/mol. The first kappa shape index (κ1) is 12.0. The summed E-state index contributed by atoms with van der Waals surface area (Å²) >= 11 is 0. The molecule has 1 aromatic rings. The Balaban J connectivity index is 1.84. The SMILES string of the molecule is CCCNc1ccc(C(=O)NCC2CC2)cc1. The van der Waals surface area contributed by atoms with Crippen molar-refractivity contribution in [2.75, 3.05) is 18.4 Å². The smallest absolute Gasteiger partial charge is 0.251 e. The lowest BCUT2D eigenvalue weighted by Crippen LogP contribution is -2.25. The maximum atomic E-state index is 11.8. The van der Waals surface area contributed by atoms with E-state index in [4.69, 9.17) is 0 Å². The molecule has 3 nitrogen and oxygen atoms in total. The van der Waals surface area contributed by atoms with Gasteiger partial charge in [0.15, 0.2) is 0 Å². The Morgan fingerprint density at radius 1 is 1.29 bits per heavy atom. The molecule has 2 N–H and O–H groups in total. The highest BCUT2D eigenvalue weighted by atomic mass is 16.1. The molecule has 2 rings (SSSR count). The van der Waals surface area contributed by atoms with Crippen molar-refractivity contribution in [1.82, 2.24) is 5.32 Å². The van der Waals surface area contributed by atoms with E-state index in [1.54, 1.807) is 0 Å². The number of carbonyl (C=O) groups excluding carboxylic acids is 1. The van der Waals surface area contributed by atoms with Crippen LogP contribution in [0.4, 0.5) is 5.69 Å². The number of benzene rings is 1. The molecule has 1 aromatic carbocycles. The van der Waals surface area contributed by atoms with Crippen molar-refractivity contribution in [3.05, 3.63) is 29.8 Å². The van der Waals surface area contributed by atoms with Crippen molar-refractivity contribution in [2.45, 2.75) is 26.2 Å². The molecule has 92 valence electrons. The van der Waals surface area contributed by atoms with E-state index >= 15 is 0 Å². The first-order chi connectivity index (χ1) is 8.29. The van der Waals surface area contributed by atoms with Crippen LogP contribution in [-0.4, -0.2) is 19.0 Å². The summed E-state index contributed by atoms with van der Waals surface area (Å²) in [7, 11) is 0. The van der Waals surface area contributed by atoms with E-state index in [0.717, 1.165) is 36.7 Å². The third-order valence-corrected chi connectivity index (χ3v) is 2.97. The van der Waals surface area contributed by atoms with Crippen LogP contribution in [0.5, 0.6) is 0 Å². The lowest BCUT2D eigenvalue weighted by atomic mass is 10.2. The minimum Gasteiger partial charge on any atom is -0.385 e. The van der Waals surface area contributed by atoms with Crippen molar-refractivity contribution in [3.8, 4) is 0 Å². The van der Waals surface area contributed by atoms with Gasteiger partial charge in [0, 0.05) is 24.3 Å². The van der Waals surface area contributed by atoms with Crippen LogP contribution in [0.2, 0.25) is 0 Å². The molecule has 0 aromatic heterocycles. The maximum Gasteiger partial charge on any atom is 0.251 e. The molecule has 1 aliphatic carbocycles. The summed E-state index contributed by atoms with van der Waals surface area (Å²) in [5, 5.41) is 6.25. The average molecular weight is 232 g/mol. The summed E-state index contributed by atoms with van der Waals surface area (Å²) in [4.78, 5) is 11.8. The fraction of sp³-hybridized carbons (Fsp3) is 0.500.